The molecule has 62 valence electrons. The normalized spacial score (nSPS) is 13.5. The zero-order valence-electron chi connectivity index (χ0n) is 6.15. The van der Waals surface area contributed by atoms with Gasteiger partial charge in [0.15, 0.2) is 0 Å². The van der Waals surface area contributed by atoms with Crippen molar-refractivity contribution in [2.45, 2.75) is 31.1 Å². The van der Waals surface area contributed by atoms with Crippen molar-refractivity contribution in [3.05, 3.63) is 0 Å². The summed E-state index contributed by atoms with van der Waals surface area (Å²) in [6, 6.07) is 0. The molecule has 1 nitrogen and oxygen atoms in total. The van der Waals surface area contributed by atoms with Crippen molar-refractivity contribution in [1.82, 2.24) is 0 Å². The summed E-state index contributed by atoms with van der Waals surface area (Å²) in [6.45, 7) is 0.586. The average molecular weight is 184 g/mol. The maximum absolute atomic E-state index is 5.79. The van der Waals surface area contributed by atoms with Crippen LogP contribution in [-0.2, 0) is 0 Å². The van der Waals surface area contributed by atoms with Crippen molar-refractivity contribution in [1.29, 1.82) is 0 Å². The predicted molar refractivity (Wildman–Crippen MR) is 47.9 cm³/mol. The van der Waals surface area contributed by atoms with Gasteiger partial charge in [-0.1, -0.05) is 12.8 Å². The van der Waals surface area contributed by atoms with Crippen LogP contribution in [0.25, 0.3) is 0 Å². The minimum atomic E-state index is 0.162. The second-order valence-electron chi connectivity index (χ2n) is 2.37. The van der Waals surface area contributed by atoms with E-state index < -0.39 is 0 Å². The van der Waals surface area contributed by atoms with Crippen molar-refractivity contribution in [3.8, 4) is 0 Å². The summed E-state index contributed by atoms with van der Waals surface area (Å²) in [5.41, 5.74) is 5.33. The van der Waals surface area contributed by atoms with Crippen molar-refractivity contribution in [2.75, 3.05) is 12.4 Å². The van der Waals surface area contributed by atoms with Gasteiger partial charge in [-0.3, -0.25) is 0 Å². The molecule has 0 heterocycles. The standard InChI is InChI=1S/C7H15Cl2N/c8-5-3-1-2-4-7(9)6-10/h7H,1-6,10H2. The van der Waals surface area contributed by atoms with E-state index in [0.29, 0.717) is 6.54 Å². The molecule has 0 aliphatic heterocycles. The Kier molecular flexibility index (Phi) is 8.06. The largest absolute Gasteiger partial charge is 0.329 e. The first-order chi connectivity index (χ1) is 4.81. The van der Waals surface area contributed by atoms with E-state index >= 15 is 0 Å². The molecule has 0 saturated heterocycles. The summed E-state index contributed by atoms with van der Waals surface area (Å²) in [5, 5.41) is 0.162. The van der Waals surface area contributed by atoms with E-state index in [0.717, 1.165) is 25.1 Å². The molecule has 0 aromatic heterocycles. The number of rotatable bonds is 6. The monoisotopic (exact) mass is 183 g/mol. The topological polar surface area (TPSA) is 26.0 Å². The first-order valence-corrected chi connectivity index (χ1v) is 4.68. The number of hydrogen-bond donors (Lipinski definition) is 1. The van der Waals surface area contributed by atoms with Crippen LogP contribution in [0.5, 0.6) is 0 Å². The first kappa shape index (κ1) is 10.5. The van der Waals surface area contributed by atoms with Crippen molar-refractivity contribution >= 4 is 23.2 Å². The Labute approximate surface area is 72.9 Å². The van der Waals surface area contributed by atoms with Crippen LogP contribution in [0.3, 0.4) is 0 Å². The molecule has 0 aliphatic rings. The van der Waals surface area contributed by atoms with Gasteiger partial charge in [0.05, 0.1) is 0 Å². The fraction of sp³-hybridized carbons (Fsp3) is 1.00. The van der Waals surface area contributed by atoms with Crippen LogP contribution in [0.1, 0.15) is 25.7 Å². The molecular weight excluding hydrogens is 169 g/mol. The molecule has 0 amide bonds. The van der Waals surface area contributed by atoms with Gasteiger partial charge in [-0.15, -0.1) is 23.2 Å². The van der Waals surface area contributed by atoms with Gasteiger partial charge in [-0.2, -0.15) is 0 Å². The minimum Gasteiger partial charge on any atom is -0.329 e. The third-order valence-electron chi connectivity index (χ3n) is 1.41. The summed E-state index contributed by atoms with van der Waals surface area (Å²) in [6.07, 6.45) is 4.44. The van der Waals surface area contributed by atoms with Gasteiger partial charge in [-0.25, -0.2) is 0 Å². The maximum Gasteiger partial charge on any atom is 0.0458 e. The molecule has 0 aromatic carbocycles. The maximum atomic E-state index is 5.79. The van der Waals surface area contributed by atoms with Crippen molar-refractivity contribution in [3.63, 3.8) is 0 Å². The van der Waals surface area contributed by atoms with E-state index in [1.54, 1.807) is 0 Å². The van der Waals surface area contributed by atoms with Gasteiger partial charge in [0.25, 0.3) is 0 Å². The average Bonchev–Trinajstić information content (AvgIpc) is 1.98. The highest BCUT2D eigenvalue weighted by Gasteiger charge is 1.99. The zero-order chi connectivity index (χ0) is 7.82. The number of hydrogen-bond acceptors (Lipinski definition) is 1. The predicted octanol–water partition coefficient (Wildman–Crippen LogP) is 2.35. The number of alkyl halides is 2. The van der Waals surface area contributed by atoms with Crippen LogP contribution in [-0.4, -0.2) is 17.8 Å². The third kappa shape index (κ3) is 6.66. The van der Waals surface area contributed by atoms with E-state index in [9.17, 15) is 0 Å². The van der Waals surface area contributed by atoms with Gasteiger partial charge in [-0.05, 0) is 12.8 Å². The lowest BCUT2D eigenvalue weighted by molar-refractivity contribution is 0.645. The minimum absolute atomic E-state index is 0.162. The molecule has 1 unspecified atom stereocenters. The molecule has 10 heavy (non-hydrogen) atoms. The molecule has 0 aliphatic carbocycles. The van der Waals surface area contributed by atoms with Crippen LogP contribution in [0.4, 0.5) is 0 Å². The van der Waals surface area contributed by atoms with E-state index in [2.05, 4.69) is 0 Å². The first-order valence-electron chi connectivity index (χ1n) is 3.71. The van der Waals surface area contributed by atoms with Crippen LogP contribution < -0.4 is 5.73 Å². The highest BCUT2D eigenvalue weighted by molar-refractivity contribution is 6.20. The van der Waals surface area contributed by atoms with Gasteiger partial charge in [0, 0.05) is 17.8 Å². The van der Waals surface area contributed by atoms with Gasteiger partial charge < -0.3 is 5.73 Å². The highest BCUT2D eigenvalue weighted by atomic mass is 35.5. The number of halogens is 2. The molecule has 0 radical (unpaired) electrons. The summed E-state index contributed by atoms with van der Waals surface area (Å²) >= 11 is 11.3. The molecule has 0 saturated carbocycles. The summed E-state index contributed by atoms with van der Waals surface area (Å²) in [5.74, 6) is 0.760. The lowest BCUT2D eigenvalue weighted by atomic mass is 10.1. The quantitative estimate of drug-likeness (QED) is 0.497. The van der Waals surface area contributed by atoms with Crippen LogP contribution in [0.15, 0.2) is 0 Å². The van der Waals surface area contributed by atoms with Crippen LogP contribution in [0, 0.1) is 0 Å². The Morgan fingerprint density at radius 2 is 1.90 bits per heavy atom. The second-order valence-corrected chi connectivity index (χ2v) is 3.37. The molecule has 0 spiro atoms. The Morgan fingerprint density at radius 3 is 2.40 bits per heavy atom. The van der Waals surface area contributed by atoms with Gasteiger partial charge in [0.2, 0.25) is 0 Å². The van der Waals surface area contributed by atoms with Crippen molar-refractivity contribution < 1.29 is 0 Å². The van der Waals surface area contributed by atoms with E-state index in [1.807, 2.05) is 0 Å². The summed E-state index contributed by atoms with van der Waals surface area (Å²) < 4.78 is 0. The zero-order valence-corrected chi connectivity index (χ0v) is 7.67. The lowest BCUT2D eigenvalue weighted by Gasteiger charge is -2.03. The highest BCUT2D eigenvalue weighted by Crippen LogP contribution is 2.07. The van der Waals surface area contributed by atoms with Crippen molar-refractivity contribution in [2.24, 2.45) is 5.73 Å². The molecule has 0 rings (SSSR count). The van der Waals surface area contributed by atoms with Crippen LogP contribution in [0.2, 0.25) is 0 Å². The van der Waals surface area contributed by atoms with E-state index in [-0.39, 0.29) is 5.38 Å². The third-order valence-corrected chi connectivity index (χ3v) is 2.07. The molecule has 0 fully saturated rings. The summed E-state index contributed by atoms with van der Waals surface area (Å²) in [4.78, 5) is 0. The molecule has 0 aromatic rings. The lowest BCUT2D eigenvalue weighted by Crippen LogP contribution is -2.13. The Morgan fingerprint density at radius 1 is 1.20 bits per heavy atom. The fourth-order valence-corrected chi connectivity index (χ4v) is 1.10. The van der Waals surface area contributed by atoms with Crippen LogP contribution >= 0.6 is 23.2 Å². The molecule has 3 heteroatoms. The smallest absolute Gasteiger partial charge is 0.0458 e. The SMILES string of the molecule is NCC(Cl)CCCCCCl. The molecule has 1 atom stereocenters. The van der Waals surface area contributed by atoms with E-state index in [1.165, 1.54) is 6.42 Å². The Bertz CT molecular complexity index is 68.6. The molecular formula is C7H15Cl2N. The number of nitrogens with two attached hydrogens (primary N) is 1. The molecule has 0 bridgehead atoms. The van der Waals surface area contributed by atoms with E-state index in [4.69, 9.17) is 28.9 Å². The molecule has 2 N–H and O–H groups in total. The Hall–Kier alpha value is 0.540. The Balaban J connectivity index is 2.89. The van der Waals surface area contributed by atoms with Gasteiger partial charge in [0.1, 0.15) is 0 Å². The second kappa shape index (κ2) is 7.64. The van der Waals surface area contributed by atoms with Gasteiger partial charge >= 0.3 is 0 Å². The summed E-state index contributed by atoms with van der Waals surface area (Å²) in [7, 11) is 0. The fourth-order valence-electron chi connectivity index (χ4n) is 0.755. The number of unbranched alkanes of at least 4 members (excludes halogenated alkanes) is 2.